The molecular weight excluding hydrogens is 379 g/mol. The van der Waals surface area contributed by atoms with Crippen molar-refractivity contribution in [2.75, 3.05) is 6.79 Å². The minimum Gasteiger partial charge on any atom is -0.454 e. The van der Waals surface area contributed by atoms with Gasteiger partial charge in [0.15, 0.2) is 11.5 Å². The Bertz CT molecular complexity index is 769. The smallest absolute Gasteiger partial charge is 0.416 e. The van der Waals surface area contributed by atoms with Crippen LogP contribution >= 0.6 is 0 Å². The molecule has 150 valence electrons. The molecule has 0 bridgehead atoms. The van der Waals surface area contributed by atoms with E-state index in [1.54, 1.807) is 33.8 Å². The average Bonchev–Trinajstić information content (AvgIpc) is 3.02. The fourth-order valence-corrected chi connectivity index (χ4v) is 3.44. The maximum Gasteiger partial charge on any atom is 0.416 e. The zero-order valence-corrected chi connectivity index (χ0v) is 16.6. The van der Waals surface area contributed by atoms with E-state index in [-0.39, 0.29) is 29.6 Å². The van der Waals surface area contributed by atoms with E-state index in [2.05, 4.69) is 17.9 Å². The molecule has 8 heteroatoms. The lowest BCUT2D eigenvalue weighted by Crippen LogP contribution is -2.38. The number of hydrogen-bond acceptors (Lipinski definition) is 3. The van der Waals surface area contributed by atoms with Gasteiger partial charge < -0.3 is 9.47 Å². The van der Waals surface area contributed by atoms with Crippen LogP contribution in [0.4, 0.5) is 13.2 Å². The Hall–Kier alpha value is -1.80. The van der Waals surface area contributed by atoms with Crippen molar-refractivity contribution in [3.8, 4) is 11.5 Å². The third-order valence-corrected chi connectivity index (χ3v) is 5.82. The third kappa shape index (κ3) is 4.73. The molecule has 3 atom stereocenters. The molecule has 2 rings (SSSR count). The SMILES string of the molecule is C=C[C@H](C)[C@H](NS(=O)C(C)(C)C)c1cc2c(cc1C(=C)C(F)(F)F)OCO2. The lowest BCUT2D eigenvalue weighted by molar-refractivity contribution is -0.0687. The highest BCUT2D eigenvalue weighted by Crippen LogP contribution is 2.44. The Morgan fingerprint density at radius 3 is 2.30 bits per heavy atom. The molecule has 1 heterocycles. The molecule has 0 radical (unpaired) electrons. The molecule has 1 aliphatic heterocycles. The van der Waals surface area contributed by atoms with Gasteiger partial charge in [0, 0.05) is 0 Å². The van der Waals surface area contributed by atoms with Crippen molar-refractivity contribution in [3.05, 3.63) is 42.5 Å². The molecular formula is C19H24F3NO3S. The Morgan fingerprint density at radius 2 is 1.81 bits per heavy atom. The minimum absolute atomic E-state index is 0.0697. The summed E-state index contributed by atoms with van der Waals surface area (Å²) in [6.45, 7) is 14.0. The maximum atomic E-state index is 13.4. The van der Waals surface area contributed by atoms with Crippen molar-refractivity contribution >= 4 is 16.6 Å². The molecule has 0 amide bonds. The number of hydrogen-bond donors (Lipinski definition) is 1. The first-order chi connectivity index (χ1) is 12.4. The second-order valence-corrected chi connectivity index (χ2v) is 9.34. The van der Waals surface area contributed by atoms with Crippen LogP contribution in [0.3, 0.4) is 0 Å². The van der Waals surface area contributed by atoms with Crippen LogP contribution in [0, 0.1) is 5.92 Å². The molecule has 4 nitrogen and oxygen atoms in total. The second-order valence-electron chi connectivity index (χ2n) is 7.34. The zero-order chi connectivity index (χ0) is 20.6. The van der Waals surface area contributed by atoms with E-state index in [4.69, 9.17) is 9.47 Å². The van der Waals surface area contributed by atoms with Gasteiger partial charge in [-0.1, -0.05) is 19.6 Å². The van der Waals surface area contributed by atoms with Crippen molar-refractivity contribution in [1.82, 2.24) is 4.72 Å². The first-order valence-corrected chi connectivity index (χ1v) is 9.52. The van der Waals surface area contributed by atoms with Gasteiger partial charge in [0.1, 0.15) is 0 Å². The quantitative estimate of drug-likeness (QED) is 0.687. The molecule has 0 saturated carbocycles. The van der Waals surface area contributed by atoms with E-state index >= 15 is 0 Å². The Kier molecular flexibility index (Phi) is 6.11. The number of ether oxygens (including phenoxy) is 2. The van der Waals surface area contributed by atoms with Crippen LogP contribution in [0.25, 0.3) is 5.57 Å². The average molecular weight is 403 g/mol. The molecule has 0 aliphatic carbocycles. The van der Waals surface area contributed by atoms with E-state index in [0.29, 0.717) is 5.75 Å². The molecule has 1 aliphatic rings. The summed E-state index contributed by atoms with van der Waals surface area (Å²) in [6, 6.07) is 2.08. The molecule has 1 aromatic rings. The van der Waals surface area contributed by atoms with Crippen LogP contribution in [0.1, 0.15) is 44.9 Å². The zero-order valence-electron chi connectivity index (χ0n) is 15.8. The molecule has 0 spiro atoms. The van der Waals surface area contributed by atoms with Gasteiger partial charge in [-0.05, 0) is 49.9 Å². The summed E-state index contributed by atoms with van der Waals surface area (Å²) in [6.07, 6.45) is -3.02. The fourth-order valence-electron chi connectivity index (χ4n) is 2.51. The number of allylic oxidation sites excluding steroid dienone is 1. The highest BCUT2D eigenvalue weighted by Gasteiger charge is 2.37. The largest absolute Gasteiger partial charge is 0.454 e. The summed E-state index contributed by atoms with van der Waals surface area (Å²) >= 11 is 0. The van der Waals surface area contributed by atoms with E-state index in [1.165, 1.54) is 12.1 Å². The number of benzene rings is 1. The number of alkyl halides is 3. The first kappa shape index (κ1) is 21.5. The molecule has 1 unspecified atom stereocenters. The molecule has 1 aromatic carbocycles. The summed E-state index contributed by atoms with van der Waals surface area (Å²) in [5.74, 6) is 0.255. The van der Waals surface area contributed by atoms with Crippen molar-refractivity contribution in [3.63, 3.8) is 0 Å². The van der Waals surface area contributed by atoms with E-state index in [1.807, 2.05) is 0 Å². The van der Waals surface area contributed by atoms with Crippen molar-refractivity contribution < 1.29 is 26.9 Å². The van der Waals surface area contributed by atoms with Gasteiger partial charge in [-0.25, -0.2) is 8.93 Å². The molecule has 27 heavy (non-hydrogen) atoms. The van der Waals surface area contributed by atoms with Gasteiger partial charge in [0.2, 0.25) is 6.79 Å². The predicted octanol–water partition coefficient (Wildman–Crippen LogP) is 4.91. The lowest BCUT2D eigenvalue weighted by atomic mass is 9.88. The van der Waals surface area contributed by atoms with Crippen molar-refractivity contribution in [2.45, 2.75) is 44.7 Å². The fraction of sp³-hybridized carbons (Fsp3) is 0.474. The van der Waals surface area contributed by atoms with Crippen LogP contribution in [0.5, 0.6) is 11.5 Å². The molecule has 0 aromatic heterocycles. The lowest BCUT2D eigenvalue weighted by Gasteiger charge is -2.29. The molecule has 0 saturated heterocycles. The normalized spacial score (nSPS) is 17.3. The molecule has 1 N–H and O–H groups in total. The Labute approximate surface area is 160 Å². The number of halogens is 3. The highest BCUT2D eigenvalue weighted by molar-refractivity contribution is 7.84. The van der Waals surface area contributed by atoms with Gasteiger partial charge in [-0.15, -0.1) is 6.58 Å². The third-order valence-electron chi connectivity index (χ3n) is 4.23. The summed E-state index contributed by atoms with van der Waals surface area (Å²) in [7, 11) is -1.51. The van der Waals surface area contributed by atoms with Crippen LogP contribution in [0.2, 0.25) is 0 Å². The standard InChI is InChI=1S/C19H24F3NO3S/c1-7-11(2)17(23-27(24)18(4,5)6)14-9-16-15(25-10-26-16)8-13(14)12(3)19(20,21)22/h7-9,11,17,23H,1,3,10H2,2,4-6H3/t11-,17-,27?/m0/s1. The van der Waals surface area contributed by atoms with E-state index in [9.17, 15) is 17.4 Å². The molecule has 0 fully saturated rings. The van der Waals surface area contributed by atoms with Crippen LogP contribution in [0.15, 0.2) is 31.4 Å². The van der Waals surface area contributed by atoms with Crippen molar-refractivity contribution in [2.24, 2.45) is 5.92 Å². The maximum absolute atomic E-state index is 13.4. The topological polar surface area (TPSA) is 47.6 Å². The number of nitrogens with one attached hydrogen (secondary N) is 1. The Morgan fingerprint density at radius 1 is 1.26 bits per heavy atom. The van der Waals surface area contributed by atoms with Gasteiger partial charge in [-0.3, -0.25) is 0 Å². The summed E-state index contributed by atoms with van der Waals surface area (Å²) in [5, 5.41) is 0. The summed E-state index contributed by atoms with van der Waals surface area (Å²) in [4.78, 5) is 0. The van der Waals surface area contributed by atoms with Gasteiger partial charge in [-0.2, -0.15) is 13.2 Å². The predicted molar refractivity (Wildman–Crippen MR) is 101 cm³/mol. The number of rotatable bonds is 6. The van der Waals surface area contributed by atoms with Gasteiger partial charge in [0.25, 0.3) is 0 Å². The van der Waals surface area contributed by atoms with Crippen LogP contribution in [-0.4, -0.2) is 21.9 Å². The van der Waals surface area contributed by atoms with Gasteiger partial charge in [0.05, 0.1) is 27.3 Å². The summed E-state index contributed by atoms with van der Waals surface area (Å²) < 4.78 is 65.7. The monoisotopic (exact) mass is 403 g/mol. The Balaban J connectivity index is 2.61. The highest BCUT2D eigenvalue weighted by atomic mass is 32.2. The number of fused-ring (bicyclic) bond motifs is 1. The van der Waals surface area contributed by atoms with Crippen LogP contribution in [-0.2, 0) is 11.0 Å². The summed E-state index contributed by atoms with van der Waals surface area (Å²) in [5.41, 5.74) is -0.837. The van der Waals surface area contributed by atoms with Gasteiger partial charge >= 0.3 is 6.18 Å². The van der Waals surface area contributed by atoms with Crippen LogP contribution < -0.4 is 14.2 Å². The first-order valence-electron chi connectivity index (χ1n) is 8.37. The van der Waals surface area contributed by atoms with E-state index in [0.717, 1.165) is 0 Å². The minimum atomic E-state index is -4.62. The van der Waals surface area contributed by atoms with Crippen molar-refractivity contribution in [1.29, 1.82) is 0 Å². The second kappa shape index (κ2) is 7.67. The van der Waals surface area contributed by atoms with E-state index < -0.39 is 33.5 Å².